The van der Waals surface area contributed by atoms with E-state index in [4.69, 9.17) is 5.11 Å². The normalized spacial score (nSPS) is 11.1. The molecule has 108 valence electrons. The first-order chi connectivity index (χ1) is 8.99. The van der Waals surface area contributed by atoms with Gasteiger partial charge in [0.2, 0.25) is 5.91 Å². The molecule has 1 aromatic rings. The lowest BCUT2D eigenvalue weighted by atomic mass is 10.2. The Morgan fingerprint density at radius 2 is 1.95 bits per heavy atom. The minimum atomic E-state index is -0.00810. The topological polar surface area (TPSA) is 52.6 Å². The van der Waals surface area contributed by atoms with Gasteiger partial charge in [0.1, 0.15) is 0 Å². The van der Waals surface area contributed by atoms with Crippen LogP contribution < -0.4 is 5.32 Å². The maximum atomic E-state index is 12.0. The van der Waals surface area contributed by atoms with Crippen LogP contribution in [0.15, 0.2) is 0 Å². The molecule has 2 N–H and O–H groups in total. The minimum Gasteiger partial charge on any atom is -0.395 e. The molecule has 0 aliphatic heterocycles. The highest BCUT2D eigenvalue weighted by molar-refractivity contribution is 7.16. The highest BCUT2D eigenvalue weighted by Crippen LogP contribution is 2.31. The number of amides is 1. The van der Waals surface area contributed by atoms with Gasteiger partial charge in [-0.3, -0.25) is 9.69 Å². The summed E-state index contributed by atoms with van der Waals surface area (Å²) < 4.78 is 0. The summed E-state index contributed by atoms with van der Waals surface area (Å²) in [6, 6.07) is 0. The van der Waals surface area contributed by atoms with Crippen LogP contribution in [0.25, 0.3) is 0 Å². The highest BCUT2D eigenvalue weighted by Gasteiger charge is 2.13. The van der Waals surface area contributed by atoms with E-state index in [-0.39, 0.29) is 12.5 Å². The first-order valence-electron chi connectivity index (χ1n) is 6.69. The Balaban J connectivity index is 2.60. The number of aliphatic hydroxyl groups excluding tert-OH is 1. The van der Waals surface area contributed by atoms with E-state index in [9.17, 15) is 4.79 Å². The number of hydrogen-bond acceptors (Lipinski definition) is 4. The summed E-state index contributed by atoms with van der Waals surface area (Å²) in [7, 11) is 0. The van der Waals surface area contributed by atoms with Gasteiger partial charge in [0.05, 0.1) is 18.2 Å². The Morgan fingerprint density at radius 1 is 1.26 bits per heavy atom. The summed E-state index contributed by atoms with van der Waals surface area (Å²) in [6.07, 6.45) is 0.976. The van der Waals surface area contributed by atoms with Crippen LogP contribution in [0.1, 0.15) is 29.3 Å². The smallest absolute Gasteiger partial charge is 0.239 e. The van der Waals surface area contributed by atoms with Crippen molar-refractivity contribution in [3.05, 3.63) is 16.0 Å². The van der Waals surface area contributed by atoms with E-state index in [1.165, 1.54) is 10.4 Å². The van der Waals surface area contributed by atoms with E-state index in [2.05, 4.69) is 26.1 Å². The molecule has 0 unspecified atom stereocenters. The van der Waals surface area contributed by atoms with E-state index in [1.807, 2.05) is 11.8 Å². The molecular formula is C14H24N2O2S. The lowest BCUT2D eigenvalue weighted by molar-refractivity contribution is -0.117. The number of aryl methyl sites for hydroxylation is 1. The fraction of sp³-hybridized carbons (Fsp3) is 0.643. The second-order valence-electron chi connectivity index (χ2n) is 4.79. The van der Waals surface area contributed by atoms with Crippen LogP contribution >= 0.6 is 11.3 Å². The zero-order valence-corrected chi connectivity index (χ0v) is 13.1. The molecule has 19 heavy (non-hydrogen) atoms. The van der Waals surface area contributed by atoms with Crippen molar-refractivity contribution in [1.29, 1.82) is 0 Å². The summed E-state index contributed by atoms with van der Waals surface area (Å²) in [6.45, 7) is 10.0. The van der Waals surface area contributed by atoms with Crippen molar-refractivity contribution in [2.24, 2.45) is 0 Å². The number of hydrogen-bond donors (Lipinski definition) is 2. The molecule has 0 aliphatic rings. The van der Waals surface area contributed by atoms with Crippen molar-refractivity contribution in [2.75, 3.05) is 31.6 Å². The Morgan fingerprint density at radius 3 is 2.42 bits per heavy atom. The van der Waals surface area contributed by atoms with Gasteiger partial charge in [-0.15, -0.1) is 11.3 Å². The van der Waals surface area contributed by atoms with E-state index in [1.54, 1.807) is 11.3 Å². The first-order valence-corrected chi connectivity index (χ1v) is 7.50. The molecule has 5 heteroatoms. The van der Waals surface area contributed by atoms with Gasteiger partial charge < -0.3 is 10.4 Å². The largest absolute Gasteiger partial charge is 0.395 e. The molecule has 0 saturated heterocycles. The number of anilines is 1. The molecule has 0 bridgehead atoms. The number of carbonyl (C=O) groups is 1. The van der Waals surface area contributed by atoms with Crippen LogP contribution in [0.5, 0.6) is 0 Å². The molecule has 0 atom stereocenters. The van der Waals surface area contributed by atoms with Crippen LogP contribution in [0, 0.1) is 20.8 Å². The molecule has 1 aromatic heterocycles. The van der Waals surface area contributed by atoms with Crippen molar-refractivity contribution < 1.29 is 9.90 Å². The van der Waals surface area contributed by atoms with Crippen molar-refractivity contribution in [3.8, 4) is 0 Å². The average Bonchev–Trinajstić information content (AvgIpc) is 2.57. The number of rotatable bonds is 7. The second-order valence-corrected chi connectivity index (χ2v) is 6.01. The maximum absolute atomic E-state index is 12.0. The van der Waals surface area contributed by atoms with Crippen LogP contribution in [0.3, 0.4) is 0 Å². The van der Waals surface area contributed by atoms with Crippen LogP contribution in [-0.2, 0) is 4.79 Å². The zero-order valence-electron chi connectivity index (χ0n) is 12.2. The number of aliphatic hydroxyl groups is 1. The molecule has 1 amide bonds. The molecular weight excluding hydrogens is 260 g/mol. The average molecular weight is 284 g/mol. The van der Waals surface area contributed by atoms with Crippen molar-refractivity contribution in [3.63, 3.8) is 0 Å². The lowest BCUT2D eigenvalue weighted by Crippen LogP contribution is -2.35. The van der Waals surface area contributed by atoms with Gasteiger partial charge in [0.25, 0.3) is 0 Å². The summed E-state index contributed by atoms with van der Waals surface area (Å²) in [5.41, 5.74) is 2.40. The van der Waals surface area contributed by atoms with E-state index in [0.717, 1.165) is 23.5 Å². The van der Waals surface area contributed by atoms with E-state index >= 15 is 0 Å². The number of nitrogens with zero attached hydrogens (tertiary/aromatic N) is 1. The van der Waals surface area contributed by atoms with Gasteiger partial charge in [-0.2, -0.15) is 0 Å². The highest BCUT2D eigenvalue weighted by atomic mass is 32.1. The summed E-state index contributed by atoms with van der Waals surface area (Å²) in [4.78, 5) is 15.2. The van der Waals surface area contributed by atoms with Gasteiger partial charge in [-0.05, 0) is 44.9 Å². The summed E-state index contributed by atoms with van der Waals surface area (Å²) in [5.74, 6) is -0.00810. The number of nitrogens with one attached hydrogen (secondary N) is 1. The third-order valence-electron chi connectivity index (χ3n) is 3.26. The Hall–Kier alpha value is -0.910. The van der Waals surface area contributed by atoms with Gasteiger partial charge >= 0.3 is 0 Å². The second kappa shape index (κ2) is 7.62. The quantitative estimate of drug-likeness (QED) is 0.808. The minimum absolute atomic E-state index is 0.00810. The molecule has 0 aliphatic carbocycles. The Labute approximate surface area is 119 Å². The molecule has 0 fully saturated rings. The first kappa shape index (κ1) is 16.1. The van der Waals surface area contributed by atoms with Gasteiger partial charge in [0, 0.05) is 11.4 Å². The third-order valence-corrected chi connectivity index (χ3v) is 4.49. The number of thiophene rings is 1. The predicted molar refractivity (Wildman–Crippen MR) is 81.0 cm³/mol. The molecule has 0 saturated carbocycles. The van der Waals surface area contributed by atoms with Gasteiger partial charge in [-0.1, -0.05) is 6.92 Å². The fourth-order valence-corrected chi connectivity index (χ4v) is 3.04. The summed E-state index contributed by atoms with van der Waals surface area (Å²) in [5, 5.41) is 12.9. The third kappa shape index (κ3) is 4.60. The van der Waals surface area contributed by atoms with Gasteiger partial charge in [0.15, 0.2) is 0 Å². The SMILES string of the molecule is CCCN(CCO)CC(=O)Nc1sc(C)c(C)c1C. The number of carbonyl (C=O) groups excluding carboxylic acids is 1. The van der Waals surface area contributed by atoms with Crippen molar-refractivity contribution in [2.45, 2.75) is 34.1 Å². The van der Waals surface area contributed by atoms with E-state index in [0.29, 0.717) is 13.1 Å². The van der Waals surface area contributed by atoms with E-state index < -0.39 is 0 Å². The molecule has 0 aromatic carbocycles. The zero-order chi connectivity index (χ0) is 14.4. The maximum Gasteiger partial charge on any atom is 0.239 e. The molecule has 4 nitrogen and oxygen atoms in total. The van der Waals surface area contributed by atoms with Crippen molar-refractivity contribution >= 4 is 22.2 Å². The van der Waals surface area contributed by atoms with Crippen LogP contribution in [-0.4, -0.2) is 42.2 Å². The van der Waals surface area contributed by atoms with Gasteiger partial charge in [-0.25, -0.2) is 0 Å². The van der Waals surface area contributed by atoms with Crippen LogP contribution in [0.4, 0.5) is 5.00 Å². The fourth-order valence-electron chi connectivity index (χ4n) is 1.96. The lowest BCUT2D eigenvalue weighted by Gasteiger charge is -2.19. The Bertz CT molecular complexity index is 423. The summed E-state index contributed by atoms with van der Waals surface area (Å²) >= 11 is 1.62. The molecule has 0 radical (unpaired) electrons. The monoisotopic (exact) mass is 284 g/mol. The van der Waals surface area contributed by atoms with Crippen LogP contribution in [0.2, 0.25) is 0 Å². The predicted octanol–water partition coefficient (Wildman–Crippen LogP) is 2.32. The standard InChI is InChI=1S/C14H24N2O2S/c1-5-6-16(7-8-17)9-13(18)15-14-11(3)10(2)12(4)19-14/h17H,5-9H2,1-4H3,(H,15,18). The molecule has 1 heterocycles. The van der Waals surface area contributed by atoms with Crippen molar-refractivity contribution in [1.82, 2.24) is 4.90 Å². The molecule has 1 rings (SSSR count). The Kier molecular flexibility index (Phi) is 6.48. The molecule has 0 spiro atoms.